The molecule has 4 aromatic heterocycles. The van der Waals surface area contributed by atoms with E-state index in [-0.39, 0.29) is 1.43 Å². The van der Waals surface area contributed by atoms with Gasteiger partial charge in [-0.3, -0.25) is 0 Å². The van der Waals surface area contributed by atoms with Crippen molar-refractivity contribution in [2.24, 2.45) is 0 Å². The molecular formula is C12H17N8+. The average Bonchev–Trinajstić information content (AvgIpc) is 3.40. The molecule has 0 fully saturated rings. The first-order chi connectivity index (χ1) is 10.0. The van der Waals surface area contributed by atoms with E-state index in [0.717, 1.165) is 0 Å². The van der Waals surface area contributed by atoms with Crippen molar-refractivity contribution in [2.75, 3.05) is 0 Å². The number of H-pyrrole nitrogens is 4. The highest BCUT2D eigenvalue weighted by molar-refractivity contribution is 4.66. The molecule has 0 unspecified atom stereocenters. The Morgan fingerprint density at radius 2 is 0.700 bits per heavy atom. The Hall–Kier alpha value is -3.16. The van der Waals surface area contributed by atoms with E-state index in [2.05, 4.69) is 39.9 Å². The van der Waals surface area contributed by atoms with Gasteiger partial charge in [0.05, 0.1) is 25.3 Å². The second-order valence-corrected chi connectivity index (χ2v) is 3.04. The van der Waals surface area contributed by atoms with Crippen molar-refractivity contribution in [3.8, 4) is 0 Å². The van der Waals surface area contributed by atoms with E-state index in [1.807, 2.05) is 0 Å². The minimum absolute atomic E-state index is 0. The molecule has 0 bridgehead atoms. The van der Waals surface area contributed by atoms with Crippen LogP contribution < -0.4 is 0 Å². The van der Waals surface area contributed by atoms with Gasteiger partial charge in [0, 0.05) is 49.6 Å². The highest BCUT2D eigenvalue weighted by atomic mass is 14.8. The molecule has 20 heavy (non-hydrogen) atoms. The molecular weight excluding hydrogens is 256 g/mol. The van der Waals surface area contributed by atoms with Crippen LogP contribution in [0.1, 0.15) is 1.43 Å². The second kappa shape index (κ2) is 12.3. The van der Waals surface area contributed by atoms with Gasteiger partial charge in [-0.05, 0) is 0 Å². The quantitative estimate of drug-likeness (QED) is 0.390. The standard InChI is InChI=1S/4C3H4N2/c4*1-2-5-3-4-1/h4*1-3H,(H,4,5)/p+1. The Morgan fingerprint density at radius 1 is 0.450 bits per heavy atom. The number of nitrogens with one attached hydrogen (secondary N) is 4. The maximum atomic E-state index is 3.67. The third kappa shape index (κ3) is 10.0. The normalized spacial score (nSPS) is 8.00. The number of hydrogen-bond donors (Lipinski definition) is 4. The number of nitrogens with zero attached hydrogens (tertiary/aromatic N) is 4. The summed E-state index contributed by atoms with van der Waals surface area (Å²) in [4.78, 5) is 25.7. The molecule has 0 amide bonds. The summed E-state index contributed by atoms with van der Waals surface area (Å²) in [6, 6.07) is 0. The number of aromatic nitrogens is 8. The Bertz CT molecular complexity index is 356. The van der Waals surface area contributed by atoms with Gasteiger partial charge in [-0.25, -0.2) is 19.9 Å². The monoisotopic (exact) mass is 273 g/mol. The SMILES string of the molecule is [H+].c1c[nH]cn1.c1c[nH]cn1.c1c[nH]cn1.c1c[nH]cn1. The molecule has 0 aromatic carbocycles. The van der Waals surface area contributed by atoms with E-state index < -0.39 is 0 Å². The van der Waals surface area contributed by atoms with E-state index in [1.54, 1.807) is 74.9 Å². The predicted molar refractivity (Wildman–Crippen MR) is 75.5 cm³/mol. The Labute approximate surface area is 117 Å². The van der Waals surface area contributed by atoms with E-state index in [9.17, 15) is 0 Å². The molecule has 0 spiro atoms. The minimum atomic E-state index is 0. The Morgan fingerprint density at radius 3 is 0.750 bits per heavy atom. The molecule has 4 rings (SSSR count). The van der Waals surface area contributed by atoms with Crippen LogP contribution in [0.2, 0.25) is 0 Å². The topological polar surface area (TPSA) is 115 Å². The summed E-state index contributed by atoms with van der Waals surface area (Å²) >= 11 is 0. The van der Waals surface area contributed by atoms with Crippen LogP contribution in [0.3, 0.4) is 0 Å². The van der Waals surface area contributed by atoms with Gasteiger partial charge in [-0.15, -0.1) is 0 Å². The summed E-state index contributed by atoms with van der Waals surface area (Å²) in [7, 11) is 0. The van der Waals surface area contributed by atoms with Crippen molar-refractivity contribution < 1.29 is 1.43 Å². The van der Waals surface area contributed by atoms with Crippen molar-refractivity contribution >= 4 is 0 Å². The van der Waals surface area contributed by atoms with Gasteiger partial charge in [-0.2, -0.15) is 0 Å². The maximum Gasteiger partial charge on any atom is 1.00 e. The van der Waals surface area contributed by atoms with E-state index in [1.165, 1.54) is 0 Å². The van der Waals surface area contributed by atoms with Crippen LogP contribution in [0.5, 0.6) is 0 Å². The second-order valence-electron chi connectivity index (χ2n) is 3.04. The number of rotatable bonds is 0. The van der Waals surface area contributed by atoms with Crippen LogP contribution in [0.4, 0.5) is 0 Å². The van der Waals surface area contributed by atoms with Crippen LogP contribution in [0.25, 0.3) is 0 Å². The zero-order valence-corrected chi connectivity index (χ0v) is 10.7. The van der Waals surface area contributed by atoms with E-state index in [0.29, 0.717) is 0 Å². The van der Waals surface area contributed by atoms with Gasteiger partial charge in [-0.1, -0.05) is 0 Å². The van der Waals surface area contributed by atoms with Crippen molar-refractivity contribution in [2.45, 2.75) is 0 Å². The van der Waals surface area contributed by atoms with Gasteiger partial charge >= 0.3 is 1.43 Å². The molecule has 0 saturated carbocycles. The van der Waals surface area contributed by atoms with E-state index in [4.69, 9.17) is 0 Å². The first kappa shape index (κ1) is 14.9. The van der Waals surface area contributed by atoms with Crippen molar-refractivity contribution in [1.29, 1.82) is 0 Å². The fraction of sp³-hybridized carbons (Fsp3) is 0. The molecule has 4 N–H and O–H groups in total. The smallest absolute Gasteiger partial charge is 0.351 e. The highest BCUT2D eigenvalue weighted by Gasteiger charge is 1.57. The van der Waals surface area contributed by atoms with Crippen LogP contribution in [-0.2, 0) is 0 Å². The lowest BCUT2D eigenvalue weighted by Gasteiger charge is -1.46. The summed E-state index contributed by atoms with van der Waals surface area (Å²) in [5.74, 6) is 0. The molecule has 4 aromatic rings. The molecule has 0 aliphatic rings. The molecule has 0 aliphatic heterocycles. The third-order valence-electron chi connectivity index (χ3n) is 1.62. The molecule has 0 radical (unpaired) electrons. The molecule has 8 nitrogen and oxygen atoms in total. The highest BCUT2D eigenvalue weighted by Crippen LogP contribution is 1.64. The first-order valence-corrected chi connectivity index (χ1v) is 5.71. The molecule has 0 aliphatic carbocycles. The number of imidazole rings is 4. The lowest BCUT2D eigenvalue weighted by atomic mass is 11.0. The lowest BCUT2D eigenvalue weighted by molar-refractivity contribution is 1.31. The fourth-order valence-electron chi connectivity index (χ4n) is 0.861. The predicted octanol–water partition coefficient (Wildman–Crippen LogP) is 1.75. The van der Waals surface area contributed by atoms with Gasteiger partial charge < -0.3 is 19.9 Å². The molecule has 0 atom stereocenters. The number of hydrogen-bond acceptors (Lipinski definition) is 4. The van der Waals surface area contributed by atoms with Crippen molar-refractivity contribution in [1.82, 2.24) is 39.9 Å². The van der Waals surface area contributed by atoms with Crippen molar-refractivity contribution in [3.05, 3.63) is 74.9 Å². The number of aromatic amines is 4. The summed E-state index contributed by atoms with van der Waals surface area (Å²) < 4.78 is 0. The molecule has 4 heterocycles. The van der Waals surface area contributed by atoms with Gasteiger partial charge in [0.2, 0.25) is 0 Å². The summed E-state index contributed by atoms with van der Waals surface area (Å²) in [5.41, 5.74) is 0. The van der Waals surface area contributed by atoms with Crippen LogP contribution >= 0.6 is 0 Å². The van der Waals surface area contributed by atoms with E-state index >= 15 is 0 Å². The summed E-state index contributed by atoms with van der Waals surface area (Å²) in [6.07, 6.45) is 20.3. The third-order valence-corrected chi connectivity index (χ3v) is 1.62. The minimum Gasteiger partial charge on any atom is -0.351 e. The maximum absolute atomic E-state index is 3.67. The Kier molecular flexibility index (Phi) is 9.16. The van der Waals surface area contributed by atoms with Gasteiger partial charge in [0.1, 0.15) is 0 Å². The van der Waals surface area contributed by atoms with Crippen molar-refractivity contribution in [3.63, 3.8) is 0 Å². The van der Waals surface area contributed by atoms with Crippen LogP contribution in [-0.4, -0.2) is 39.9 Å². The lowest BCUT2D eigenvalue weighted by Crippen LogP contribution is -1.44. The zero-order valence-electron chi connectivity index (χ0n) is 11.7. The van der Waals surface area contributed by atoms with Gasteiger partial charge in [0.25, 0.3) is 0 Å². The summed E-state index contributed by atoms with van der Waals surface area (Å²) in [6.45, 7) is 0. The van der Waals surface area contributed by atoms with Crippen LogP contribution in [0.15, 0.2) is 74.9 Å². The van der Waals surface area contributed by atoms with Crippen LogP contribution in [0, 0.1) is 0 Å². The zero-order chi connectivity index (χ0) is 14.1. The summed E-state index contributed by atoms with van der Waals surface area (Å²) in [5, 5.41) is 0. The molecule has 104 valence electrons. The largest absolute Gasteiger partial charge is 1.00 e. The molecule has 0 saturated heterocycles. The fourth-order valence-corrected chi connectivity index (χ4v) is 0.861. The average molecular weight is 273 g/mol. The van der Waals surface area contributed by atoms with Gasteiger partial charge in [0.15, 0.2) is 0 Å². The first-order valence-electron chi connectivity index (χ1n) is 5.71. The Balaban J connectivity index is 0.000000250. The molecule has 8 heteroatoms.